The number of rotatable bonds is 3. The van der Waals surface area contributed by atoms with Crippen LogP contribution in [0.1, 0.15) is 32.4 Å². The number of nitrogens with zero attached hydrogens (tertiary/aromatic N) is 1. The van der Waals surface area contributed by atoms with Crippen molar-refractivity contribution in [2.45, 2.75) is 26.8 Å². The average Bonchev–Trinajstić information content (AvgIpc) is 2.27. The summed E-state index contributed by atoms with van der Waals surface area (Å²) in [6, 6.07) is 6.23. The van der Waals surface area contributed by atoms with Gasteiger partial charge in [0.1, 0.15) is 5.82 Å². The molecule has 3 heteroatoms. The van der Waals surface area contributed by atoms with Crippen LogP contribution >= 0.6 is 0 Å². The van der Waals surface area contributed by atoms with Crippen LogP contribution in [0.15, 0.2) is 24.3 Å². The van der Waals surface area contributed by atoms with Gasteiger partial charge in [0.05, 0.1) is 6.04 Å². The van der Waals surface area contributed by atoms with Crippen LogP contribution in [0, 0.1) is 11.7 Å². The quantitative estimate of drug-likeness (QED) is 0.771. The number of carbonyl (C=O) groups excluding carboxylic acids is 1. The molecule has 2 nitrogen and oxygen atoms in total. The van der Waals surface area contributed by atoms with Crippen molar-refractivity contribution < 1.29 is 9.18 Å². The Hall–Kier alpha value is -1.38. The van der Waals surface area contributed by atoms with E-state index < -0.39 is 0 Å². The second-order valence-electron chi connectivity index (χ2n) is 4.33. The van der Waals surface area contributed by atoms with Crippen molar-refractivity contribution in [3.8, 4) is 0 Å². The van der Waals surface area contributed by atoms with E-state index in [1.807, 2.05) is 20.8 Å². The van der Waals surface area contributed by atoms with Crippen LogP contribution in [0.3, 0.4) is 0 Å². The van der Waals surface area contributed by atoms with Crippen molar-refractivity contribution in [2.24, 2.45) is 5.92 Å². The van der Waals surface area contributed by atoms with Crippen molar-refractivity contribution in [3.63, 3.8) is 0 Å². The van der Waals surface area contributed by atoms with E-state index in [1.54, 1.807) is 24.1 Å². The Morgan fingerprint density at radius 3 is 2.12 bits per heavy atom. The molecule has 0 aromatic heterocycles. The van der Waals surface area contributed by atoms with Gasteiger partial charge in [0.25, 0.3) is 0 Å². The lowest BCUT2D eigenvalue weighted by Gasteiger charge is -2.27. The number of benzene rings is 1. The van der Waals surface area contributed by atoms with Crippen LogP contribution < -0.4 is 0 Å². The Morgan fingerprint density at radius 1 is 1.19 bits per heavy atom. The molecule has 0 saturated heterocycles. The molecule has 0 aliphatic rings. The molecule has 0 fully saturated rings. The highest BCUT2D eigenvalue weighted by Crippen LogP contribution is 2.20. The SMILES string of the molecule is CC(C)C(=O)N(C)C(C)c1ccc(F)cc1. The number of halogens is 1. The summed E-state index contributed by atoms with van der Waals surface area (Å²) in [6.07, 6.45) is 0. The third kappa shape index (κ3) is 2.81. The van der Waals surface area contributed by atoms with Crippen LogP contribution in [-0.2, 0) is 4.79 Å². The lowest BCUT2D eigenvalue weighted by Crippen LogP contribution is -2.32. The van der Waals surface area contributed by atoms with E-state index in [1.165, 1.54) is 12.1 Å². The summed E-state index contributed by atoms with van der Waals surface area (Å²) < 4.78 is 12.8. The molecule has 0 aliphatic heterocycles. The van der Waals surface area contributed by atoms with Crippen LogP contribution in [0.2, 0.25) is 0 Å². The first-order valence-electron chi connectivity index (χ1n) is 5.45. The highest BCUT2D eigenvalue weighted by Gasteiger charge is 2.19. The van der Waals surface area contributed by atoms with Crippen molar-refractivity contribution in [1.29, 1.82) is 0 Å². The van der Waals surface area contributed by atoms with Crippen molar-refractivity contribution >= 4 is 5.91 Å². The number of carbonyl (C=O) groups is 1. The Balaban J connectivity index is 2.81. The maximum absolute atomic E-state index is 12.8. The molecule has 0 saturated carbocycles. The highest BCUT2D eigenvalue weighted by molar-refractivity contribution is 5.78. The van der Waals surface area contributed by atoms with Gasteiger partial charge in [0.15, 0.2) is 0 Å². The summed E-state index contributed by atoms with van der Waals surface area (Å²) in [5.74, 6) is -0.182. The predicted molar refractivity (Wildman–Crippen MR) is 62.4 cm³/mol. The third-order valence-electron chi connectivity index (χ3n) is 2.77. The summed E-state index contributed by atoms with van der Waals surface area (Å²) in [7, 11) is 1.77. The molecule has 1 aromatic carbocycles. The van der Waals surface area contributed by atoms with Crippen molar-refractivity contribution in [1.82, 2.24) is 4.90 Å². The second-order valence-corrected chi connectivity index (χ2v) is 4.33. The molecular formula is C13H18FNO. The minimum absolute atomic E-state index is 0.0205. The largest absolute Gasteiger partial charge is 0.339 e. The van der Waals surface area contributed by atoms with Crippen LogP contribution in [0.25, 0.3) is 0 Å². The normalized spacial score (nSPS) is 12.6. The smallest absolute Gasteiger partial charge is 0.225 e. The van der Waals surface area contributed by atoms with E-state index in [-0.39, 0.29) is 23.7 Å². The monoisotopic (exact) mass is 223 g/mol. The highest BCUT2D eigenvalue weighted by atomic mass is 19.1. The number of hydrogen-bond donors (Lipinski definition) is 0. The second kappa shape index (κ2) is 5.10. The van der Waals surface area contributed by atoms with Crippen LogP contribution in [0.5, 0.6) is 0 Å². The predicted octanol–water partition coefficient (Wildman–Crippen LogP) is 3.00. The van der Waals surface area contributed by atoms with Gasteiger partial charge in [-0.05, 0) is 24.6 Å². The maximum Gasteiger partial charge on any atom is 0.225 e. The van der Waals surface area contributed by atoms with Gasteiger partial charge >= 0.3 is 0 Å². The first-order valence-corrected chi connectivity index (χ1v) is 5.45. The molecular weight excluding hydrogens is 205 g/mol. The molecule has 0 radical (unpaired) electrons. The Bertz CT molecular complexity index is 359. The fourth-order valence-corrected chi connectivity index (χ4v) is 1.56. The van der Waals surface area contributed by atoms with Crippen LogP contribution in [-0.4, -0.2) is 17.9 Å². The minimum atomic E-state index is -0.256. The fraction of sp³-hybridized carbons (Fsp3) is 0.462. The van der Waals surface area contributed by atoms with Crippen molar-refractivity contribution in [2.75, 3.05) is 7.05 Å². The molecule has 1 unspecified atom stereocenters. The lowest BCUT2D eigenvalue weighted by atomic mass is 10.1. The standard InChI is InChI=1S/C13H18FNO/c1-9(2)13(16)15(4)10(3)11-5-7-12(14)8-6-11/h5-10H,1-4H3. The molecule has 1 amide bonds. The topological polar surface area (TPSA) is 20.3 Å². The van der Waals surface area contributed by atoms with Gasteiger partial charge in [-0.1, -0.05) is 26.0 Å². The first kappa shape index (κ1) is 12.7. The maximum atomic E-state index is 12.8. The van der Waals surface area contributed by atoms with E-state index in [2.05, 4.69) is 0 Å². The Labute approximate surface area is 96.1 Å². The zero-order valence-corrected chi connectivity index (χ0v) is 10.2. The van der Waals surface area contributed by atoms with Gasteiger partial charge in [-0.15, -0.1) is 0 Å². The van der Waals surface area contributed by atoms with E-state index in [0.29, 0.717) is 0 Å². The summed E-state index contributed by atoms with van der Waals surface area (Å²) in [6.45, 7) is 5.68. The zero-order valence-electron chi connectivity index (χ0n) is 10.2. The van der Waals surface area contributed by atoms with Crippen molar-refractivity contribution in [3.05, 3.63) is 35.6 Å². The first-order chi connectivity index (χ1) is 7.43. The van der Waals surface area contributed by atoms with Gasteiger partial charge in [-0.2, -0.15) is 0 Å². The average molecular weight is 223 g/mol. The molecule has 1 atom stereocenters. The molecule has 0 heterocycles. The van der Waals surface area contributed by atoms with Gasteiger partial charge in [0.2, 0.25) is 5.91 Å². The molecule has 1 rings (SSSR count). The van der Waals surface area contributed by atoms with E-state index >= 15 is 0 Å². The summed E-state index contributed by atoms with van der Waals surface area (Å²) in [5.41, 5.74) is 0.943. The van der Waals surface area contributed by atoms with Gasteiger partial charge in [0, 0.05) is 13.0 Å². The van der Waals surface area contributed by atoms with Crippen LogP contribution in [0.4, 0.5) is 4.39 Å². The van der Waals surface area contributed by atoms with Gasteiger partial charge in [-0.3, -0.25) is 4.79 Å². The summed E-state index contributed by atoms with van der Waals surface area (Å²) in [5, 5.41) is 0. The molecule has 0 bridgehead atoms. The summed E-state index contributed by atoms with van der Waals surface area (Å²) in [4.78, 5) is 13.5. The molecule has 0 aliphatic carbocycles. The lowest BCUT2D eigenvalue weighted by molar-refractivity contribution is -0.135. The van der Waals surface area contributed by atoms with E-state index in [0.717, 1.165) is 5.56 Å². The Kier molecular flexibility index (Phi) is 4.05. The fourth-order valence-electron chi connectivity index (χ4n) is 1.56. The number of hydrogen-bond acceptors (Lipinski definition) is 1. The molecule has 16 heavy (non-hydrogen) atoms. The minimum Gasteiger partial charge on any atom is -0.339 e. The van der Waals surface area contributed by atoms with E-state index in [4.69, 9.17) is 0 Å². The van der Waals surface area contributed by atoms with Gasteiger partial charge < -0.3 is 4.90 Å². The molecule has 88 valence electrons. The zero-order chi connectivity index (χ0) is 12.3. The molecule has 0 spiro atoms. The molecule has 1 aromatic rings. The van der Waals surface area contributed by atoms with E-state index in [9.17, 15) is 9.18 Å². The third-order valence-corrected chi connectivity index (χ3v) is 2.77. The molecule has 0 N–H and O–H groups in total. The number of amides is 1. The van der Waals surface area contributed by atoms with Gasteiger partial charge in [-0.25, -0.2) is 4.39 Å². The summed E-state index contributed by atoms with van der Waals surface area (Å²) >= 11 is 0. The Morgan fingerprint density at radius 2 is 1.69 bits per heavy atom.